The molecule has 122 heavy (non-hydrogen) atoms. The van der Waals surface area contributed by atoms with E-state index in [1.54, 1.807) is 114 Å². The van der Waals surface area contributed by atoms with Crippen LogP contribution in [-0.2, 0) is 122 Å². The largest absolute Gasteiger partial charge is 1.00 e. The zero-order chi connectivity index (χ0) is 86.2. The van der Waals surface area contributed by atoms with E-state index < -0.39 is 49.6 Å². The molecule has 5 N–H and O–H groups in total. The van der Waals surface area contributed by atoms with Crippen LogP contribution in [-0.4, -0.2) is 193 Å². The van der Waals surface area contributed by atoms with Gasteiger partial charge in [0.25, 0.3) is 20.0 Å². The number of methoxy groups -OCH3 is 11. The monoisotopic (exact) mass is 1930 g/mol. The van der Waals surface area contributed by atoms with E-state index in [1.807, 2.05) is 67.0 Å². The van der Waals surface area contributed by atoms with Crippen molar-refractivity contribution in [2.75, 3.05) is 97.6 Å². The molecule has 0 aliphatic rings. The summed E-state index contributed by atoms with van der Waals surface area (Å²) in [6.45, 7) is 3.51. The molecule has 0 radical (unpaired) electrons. The van der Waals surface area contributed by atoms with Gasteiger partial charge in [-0.3, -0.25) is 32.7 Å². The first-order valence-corrected chi connectivity index (χ1v) is 42.1. The Labute approximate surface area is 799 Å². The van der Waals surface area contributed by atoms with Crippen LogP contribution in [0.15, 0.2) is 186 Å². The molecule has 12 rings (SSSR count). The van der Waals surface area contributed by atoms with Gasteiger partial charge in [-0.2, -0.15) is 0 Å². The Bertz CT molecular complexity index is 5740. The van der Waals surface area contributed by atoms with Crippen molar-refractivity contribution >= 4 is 145 Å². The fraction of sp³-hybridized carbons (Fsp3) is 0.256. The van der Waals surface area contributed by atoms with Crippen molar-refractivity contribution < 1.29 is 236 Å². The quantitative estimate of drug-likeness (QED) is 0.00427. The Balaban J connectivity index is 0.000000739. The second-order valence-corrected chi connectivity index (χ2v) is 31.8. The molecule has 0 bridgehead atoms. The average molecular weight is 1930 g/mol. The van der Waals surface area contributed by atoms with E-state index >= 15 is 0 Å². The van der Waals surface area contributed by atoms with Crippen LogP contribution in [0.1, 0.15) is 58.8 Å². The number of hydrogen-bond donors (Lipinski definition) is 4. The summed E-state index contributed by atoms with van der Waals surface area (Å²) in [6.07, 6.45) is 13.9. The molecule has 0 saturated carbocycles. The van der Waals surface area contributed by atoms with Crippen LogP contribution < -0.4 is 84.5 Å². The first-order chi connectivity index (χ1) is 55.8. The summed E-state index contributed by atoms with van der Waals surface area (Å²) in [4.78, 5) is 75.4. The third-order valence-corrected chi connectivity index (χ3v) is 22.2. The van der Waals surface area contributed by atoms with Crippen molar-refractivity contribution in [3.05, 3.63) is 212 Å². The number of carbonyl (C=O) groups is 6. The molecule has 0 fully saturated rings. The zero-order valence-corrected chi connectivity index (χ0v) is 78.8. The second kappa shape index (κ2) is 55.1. The van der Waals surface area contributed by atoms with E-state index in [0.29, 0.717) is 81.8 Å². The number of hydrogen-bond acceptors (Lipinski definition) is 26. The van der Waals surface area contributed by atoms with E-state index in [4.69, 9.17) is 56.3 Å². The van der Waals surface area contributed by atoms with Crippen molar-refractivity contribution in [1.29, 1.82) is 0 Å². The van der Waals surface area contributed by atoms with Crippen LogP contribution in [0.4, 0.5) is 0 Å². The zero-order valence-electron chi connectivity index (χ0n) is 69.3. The van der Waals surface area contributed by atoms with Crippen molar-refractivity contribution in [2.45, 2.75) is 55.2 Å². The molecular formula is C82H94ArClKN5O27PPdS3-2. The fourth-order valence-electron chi connectivity index (χ4n) is 11.2. The number of aryl methyl sites for hydroxylation is 3. The van der Waals surface area contributed by atoms with Crippen molar-refractivity contribution in [3.8, 4) is 40.2 Å². The third-order valence-electron chi connectivity index (χ3n) is 17.2. The maximum Gasteiger partial charge on any atom is 1.00 e. The van der Waals surface area contributed by atoms with Crippen molar-refractivity contribution in [1.82, 2.24) is 22.9 Å². The summed E-state index contributed by atoms with van der Waals surface area (Å²) in [7, 11) is 7.67. The van der Waals surface area contributed by atoms with Crippen LogP contribution in [0.25, 0.3) is 60.6 Å². The maximum absolute atomic E-state index is 13.2. The van der Waals surface area contributed by atoms with Gasteiger partial charge in [-0.05, 0) is 199 Å². The van der Waals surface area contributed by atoms with Gasteiger partial charge in [0, 0.05) is 186 Å². The number of aromatic amines is 3. The Kier molecular flexibility index (Phi) is 50.4. The smallest absolute Gasteiger partial charge is 0.870 e. The number of carboxylic acid groups (broad SMARTS) is 1. The van der Waals surface area contributed by atoms with Crippen molar-refractivity contribution in [3.63, 3.8) is 0 Å². The van der Waals surface area contributed by atoms with Gasteiger partial charge in [-0.15, -0.1) is 0 Å². The van der Waals surface area contributed by atoms with E-state index in [0.717, 1.165) is 72.9 Å². The van der Waals surface area contributed by atoms with Gasteiger partial charge in [0.15, 0.2) is 6.29 Å². The molecule has 0 aliphatic carbocycles. The van der Waals surface area contributed by atoms with Crippen LogP contribution in [0.3, 0.4) is 0 Å². The summed E-state index contributed by atoms with van der Waals surface area (Å²) < 4.78 is 143. The first-order valence-electron chi connectivity index (χ1n) is 35.0. The molecule has 0 spiro atoms. The first kappa shape index (κ1) is 112. The number of aromatic nitrogens is 5. The van der Waals surface area contributed by atoms with Crippen molar-refractivity contribution in [2.24, 2.45) is 0 Å². The predicted octanol–water partition coefficient (Wildman–Crippen LogP) is 10.9. The van der Waals surface area contributed by atoms with Gasteiger partial charge >= 0.3 is 81.2 Å². The molecule has 5 aromatic heterocycles. The molecule has 40 heteroatoms. The topological polar surface area (TPSA) is 446 Å². The second-order valence-electron chi connectivity index (χ2n) is 24.4. The molecule has 2 atom stereocenters. The van der Waals surface area contributed by atoms with Gasteiger partial charge in [0.2, 0.25) is 7.37 Å². The number of ether oxygens (including phenoxy) is 11. The minimum atomic E-state index is -3.85. The standard InChI is InChI=1S/C20H21NO6S.C19H19NO6S.C13H15NO3.C13H13NO3.C10H9NO2.C6H13O4P.CH3.Ar.ClHO2S.K.H2O.Pd/c1-25-15-5-8-17(9-6-15)28(23,24)21-13-14(4-11-20(22)27-3)18-12-16(26-2)7-10-19(18)21;1-25-14-4-7-16(8-5-14)27(23,24)20-12-13(3-10-19(21)22)17-11-15(26-2)6-9-18(17)20;2*1-16-10-4-5-12-11(7-10)9(8-14-12)3-6-13(15)17-2;1-13-8-2-3-10-9(4-8)7(6-12)5-11-10;1-4-10-11(3,8)5-6(7)9-2;;;1-4(2)3;;;/h5-10,12-13H,4,11H2,1-3H3;4-9,11-12H,3,10H2,1-2H3,(H,21,22);4-5,7-8,14H,3,6H2,1-2H3;3-8,14H,1-2H3;2-6,11H,1H3;4-5H2,1-3H3;1H3;;(H,2,3);;1H2;/q;;;;;;-1;;;+1;;/p-2/b;;;6-3-;;;;;;;;. The molecular weight excluding hydrogens is 1840 g/mol. The number of aliphatic carboxylic acids is 1. The number of carbonyl (C=O) groups excluding carboxylic acids is 5. The molecule has 660 valence electrons. The van der Waals surface area contributed by atoms with Crippen LogP contribution >= 0.6 is 18.1 Å². The number of nitrogens with one attached hydrogen (secondary N) is 3. The fourth-order valence-corrected chi connectivity index (χ4v) is 15.3. The molecule has 0 saturated heterocycles. The minimum absolute atomic E-state index is 0. The average Bonchev–Trinajstić information content (AvgIpc) is 1.62. The number of halogens is 1. The number of benzene rings is 7. The molecule has 2 unspecified atom stereocenters. The predicted molar refractivity (Wildman–Crippen MR) is 451 cm³/mol. The van der Waals surface area contributed by atoms with Gasteiger partial charge < -0.3 is 94.1 Å². The summed E-state index contributed by atoms with van der Waals surface area (Å²) in [5.74, 6) is 2.28. The Morgan fingerprint density at radius 3 is 1.19 bits per heavy atom. The number of esters is 4. The number of aldehydes is 1. The number of rotatable bonds is 27. The van der Waals surface area contributed by atoms with Gasteiger partial charge in [0.1, 0.15) is 46.4 Å². The Hall–Kier alpha value is -8.39. The normalized spacial score (nSPS) is 11.1. The Morgan fingerprint density at radius 1 is 0.500 bits per heavy atom. The van der Waals surface area contributed by atoms with E-state index in [9.17, 15) is 50.2 Å². The number of carboxylic acids is 1. The number of fused-ring (bicyclic) bond motifs is 5. The molecule has 0 aliphatic heterocycles. The van der Waals surface area contributed by atoms with Crippen LogP contribution in [0.5, 0.6) is 40.2 Å². The molecule has 12 aromatic rings. The van der Waals surface area contributed by atoms with Gasteiger partial charge in [0.05, 0.1) is 106 Å². The van der Waals surface area contributed by atoms with Crippen LogP contribution in [0, 0.1) is 45.2 Å². The molecule has 0 amide bonds. The summed E-state index contributed by atoms with van der Waals surface area (Å²) >= 11 is 0. The SMILES string of the molecule is CCOP(C)(=O)CC(=O)OC.COC(=O)/C=C\c1c[nH]c2ccc(OC)cc12.COC(=O)CCc1c[nH]c2ccc(OC)cc12.COC(=O)CCc1cn(S(=O)(=O)c2ccc(OC)cc2)c2ccc(OC)cc12.COc1ccc(S(=O)(=O)n2cc(CCC(=O)O)c3cc(OC)ccc32)cc1.COc1ccc2[nH]cc(C=O)c2c1.O=S([O-])Cl.[Ar].[CH3-].[K+].[OH-].[Pd]. The van der Waals surface area contributed by atoms with E-state index in [-0.39, 0.29) is 176 Å². The van der Waals surface area contributed by atoms with Crippen LogP contribution in [0.2, 0.25) is 0 Å². The summed E-state index contributed by atoms with van der Waals surface area (Å²) in [5.41, 5.74) is 8.00. The number of nitrogens with zero attached hydrogens (tertiary/aromatic N) is 2. The Morgan fingerprint density at radius 2 is 0.828 bits per heavy atom. The van der Waals surface area contributed by atoms with E-state index in [2.05, 4.69) is 39.8 Å². The maximum atomic E-state index is 13.2. The minimum Gasteiger partial charge on any atom is -0.870 e. The molecule has 32 nitrogen and oxygen atoms in total. The van der Waals surface area contributed by atoms with Gasteiger partial charge in [-0.25, -0.2) is 29.6 Å². The molecule has 7 aromatic carbocycles. The number of H-pyrrole nitrogens is 3. The summed E-state index contributed by atoms with van der Waals surface area (Å²) in [5, 5.41) is 13.3. The third kappa shape index (κ3) is 32.6. The van der Waals surface area contributed by atoms with Gasteiger partial charge in [-0.1, -0.05) is 0 Å². The molecule has 5 heterocycles. The van der Waals surface area contributed by atoms with E-state index in [1.165, 1.54) is 101 Å². The summed E-state index contributed by atoms with van der Waals surface area (Å²) in [6, 6.07) is 39.6.